The second kappa shape index (κ2) is 9.27. The average molecular weight is 348 g/mol. The third-order valence-corrected chi connectivity index (χ3v) is 4.40. The predicted octanol–water partition coefficient (Wildman–Crippen LogP) is 1.76. The van der Waals surface area contributed by atoms with Gasteiger partial charge in [-0.3, -0.25) is 9.69 Å². The first-order valence-electron chi connectivity index (χ1n) is 8.74. The fraction of sp³-hybridized carbons (Fsp3) is 0.556. The van der Waals surface area contributed by atoms with Crippen LogP contribution in [0, 0.1) is 0 Å². The predicted molar refractivity (Wildman–Crippen MR) is 97.9 cm³/mol. The van der Waals surface area contributed by atoms with Crippen molar-refractivity contribution < 1.29 is 14.3 Å². The topological polar surface area (TPSA) is 73.9 Å². The van der Waals surface area contributed by atoms with Gasteiger partial charge in [0, 0.05) is 32.2 Å². The summed E-state index contributed by atoms with van der Waals surface area (Å²) in [5, 5.41) is 5.85. The summed E-state index contributed by atoms with van der Waals surface area (Å²) in [4.78, 5) is 28.2. The number of carbonyl (C=O) groups excluding carboxylic acids is 2. The maximum absolute atomic E-state index is 12.4. The number of ether oxygens (including phenoxy) is 1. The first kappa shape index (κ1) is 19.1. The summed E-state index contributed by atoms with van der Waals surface area (Å²) >= 11 is 0. The zero-order valence-electron chi connectivity index (χ0n) is 15.2. The fourth-order valence-electron chi connectivity index (χ4n) is 2.68. The first-order chi connectivity index (χ1) is 12.0. The molecule has 25 heavy (non-hydrogen) atoms. The monoisotopic (exact) mass is 348 g/mol. The van der Waals surface area contributed by atoms with Crippen LogP contribution in [0.1, 0.15) is 20.3 Å². The molecule has 2 rings (SSSR count). The minimum Gasteiger partial charge on any atom is -0.495 e. The number of piperazine rings is 1. The van der Waals surface area contributed by atoms with E-state index < -0.39 is 0 Å². The van der Waals surface area contributed by atoms with E-state index in [1.165, 1.54) is 0 Å². The molecule has 1 fully saturated rings. The molecule has 3 amide bonds. The molecular formula is C18H28N4O3. The van der Waals surface area contributed by atoms with Crippen LogP contribution in [-0.4, -0.2) is 67.6 Å². The highest BCUT2D eigenvalue weighted by Crippen LogP contribution is 2.23. The second-order valence-electron chi connectivity index (χ2n) is 6.27. The number of urea groups is 1. The van der Waals surface area contributed by atoms with Crippen LogP contribution in [0.25, 0.3) is 0 Å². The van der Waals surface area contributed by atoms with E-state index in [1.807, 2.05) is 38.1 Å². The van der Waals surface area contributed by atoms with Gasteiger partial charge in [-0.15, -0.1) is 0 Å². The average Bonchev–Trinajstić information content (AvgIpc) is 2.62. The molecule has 0 bridgehead atoms. The molecule has 0 radical (unpaired) electrons. The molecule has 1 atom stereocenters. The molecule has 1 aliphatic heterocycles. The lowest BCUT2D eigenvalue weighted by molar-refractivity contribution is -0.123. The molecular weight excluding hydrogens is 320 g/mol. The van der Waals surface area contributed by atoms with E-state index in [2.05, 4.69) is 15.5 Å². The van der Waals surface area contributed by atoms with Crippen LogP contribution >= 0.6 is 0 Å². The molecule has 2 N–H and O–H groups in total. The minimum absolute atomic E-state index is 0.0428. The van der Waals surface area contributed by atoms with Crippen molar-refractivity contribution in [2.24, 2.45) is 0 Å². The highest BCUT2D eigenvalue weighted by atomic mass is 16.5. The van der Waals surface area contributed by atoms with Crippen molar-refractivity contribution in [2.45, 2.75) is 26.3 Å². The van der Waals surface area contributed by atoms with Crippen LogP contribution in [0.2, 0.25) is 0 Å². The van der Waals surface area contributed by atoms with Crippen molar-refractivity contribution in [1.82, 2.24) is 15.1 Å². The molecule has 7 heteroatoms. The molecule has 1 heterocycles. The molecule has 1 aliphatic rings. The maximum atomic E-state index is 12.4. The Labute approximate surface area is 149 Å². The number of benzene rings is 1. The number of hydrogen-bond donors (Lipinski definition) is 2. The standard InChI is InChI=1S/C18H28N4O3/c1-4-14(2)19-17(23)13-21-9-11-22(12-10-21)18(24)20-15-7-5-6-8-16(15)25-3/h5-8,14H,4,9-13H2,1-3H3,(H,19,23)(H,20,24). The van der Waals surface area contributed by atoms with Crippen LogP contribution in [0.5, 0.6) is 5.75 Å². The van der Waals surface area contributed by atoms with Gasteiger partial charge in [-0.1, -0.05) is 19.1 Å². The summed E-state index contributed by atoms with van der Waals surface area (Å²) < 4.78 is 5.25. The van der Waals surface area contributed by atoms with E-state index in [0.717, 1.165) is 6.42 Å². The van der Waals surface area contributed by atoms with Gasteiger partial charge in [0.25, 0.3) is 0 Å². The van der Waals surface area contributed by atoms with E-state index >= 15 is 0 Å². The van der Waals surface area contributed by atoms with Gasteiger partial charge < -0.3 is 20.3 Å². The van der Waals surface area contributed by atoms with Gasteiger partial charge in [0.15, 0.2) is 0 Å². The molecule has 1 unspecified atom stereocenters. The molecule has 0 aromatic heterocycles. The highest BCUT2D eigenvalue weighted by Gasteiger charge is 2.23. The number of nitrogens with zero attached hydrogens (tertiary/aromatic N) is 2. The molecule has 0 spiro atoms. The number of amides is 3. The number of hydrogen-bond acceptors (Lipinski definition) is 4. The zero-order valence-corrected chi connectivity index (χ0v) is 15.2. The lowest BCUT2D eigenvalue weighted by Gasteiger charge is -2.34. The number of methoxy groups -OCH3 is 1. The van der Waals surface area contributed by atoms with E-state index in [1.54, 1.807) is 12.0 Å². The fourth-order valence-corrected chi connectivity index (χ4v) is 2.68. The van der Waals surface area contributed by atoms with Crippen molar-refractivity contribution >= 4 is 17.6 Å². The quantitative estimate of drug-likeness (QED) is 0.822. The lowest BCUT2D eigenvalue weighted by Crippen LogP contribution is -2.52. The molecule has 1 aromatic carbocycles. The van der Waals surface area contributed by atoms with Crippen LogP contribution in [0.3, 0.4) is 0 Å². The van der Waals surface area contributed by atoms with E-state index in [0.29, 0.717) is 44.2 Å². The number of rotatable bonds is 6. The Morgan fingerprint density at radius 2 is 1.88 bits per heavy atom. The van der Waals surface area contributed by atoms with Crippen molar-refractivity contribution in [3.8, 4) is 5.75 Å². The Balaban J connectivity index is 1.79. The SMILES string of the molecule is CCC(C)NC(=O)CN1CCN(C(=O)Nc2ccccc2OC)CC1. The van der Waals surface area contributed by atoms with Gasteiger partial charge in [0.2, 0.25) is 5.91 Å². The third-order valence-electron chi connectivity index (χ3n) is 4.40. The summed E-state index contributed by atoms with van der Waals surface area (Å²) in [5.74, 6) is 0.678. The number of anilines is 1. The Bertz CT molecular complexity index is 585. The highest BCUT2D eigenvalue weighted by molar-refractivity contribution is 5.91. The normalized spacial score (nSPS) is 16.2. The first-order valence-corrected chi connectivity index (χ1v) is 8.74. The summed E-state index contributed by atoms with van der Waals surface area (Å²) in [7, 11) is 1.58. The van der Waals surface area contributed by atoms with Gasteiger partial charge in [0.05, 0.1) is 19.3 Å². The second-order valence-corrected chi connectivity index (χ2v) is 6.27. The van der Waals surface area contributed by atoms with Crippen molar-refractivity contribution in [2.75, 3.05) is 45.2 Å². The van der Waals surface area contributed by atoms with Crippen molar-refractivity contribution in [3.05, 3.63) is 24.3 Å². The van der Waals surface area contributed by atoms with Crippen LogP contribution in [-0.2, 0) is 4.79 Å². The number of carbonyl (C=O) groups is 2. The van der Waals surface area contributed by atoms with Gasteiger partial charge in [-0.25, -0.2) is 4.79 Å². The molecule has 0 saturated carbocycles. The Morgan fingerprint density at radius 3 is 2.52 bits per heavy atom. The molecule has 1 saturated heterocycles. The number of para-hydroxylation sites is 2. The Kier molecular flexibility index (Phi) is 7.06. The van der Waals surface area contributed by atoms with Gasteiger partial charge in [0.1, 0.15) is 5.75 Å². The van der Waals surface area contributed by atoms with Gasteiger partial charge >= 0.3 is 6.03 Å². The van der Waals surface area contributed by atoms with E-state index in [4.69, 9.17) is 4.74 Å². The number of nitrogens with one attached hydrogen (secondary N) is 2. The smallest absolute Gasteiger partial charge is 0.322 e. The minimum atomic E-state index is -0.145. The Hall–Kier alpha value is -2.28. The molecule has 138 valence electrons. The Morgan fingerprint density at radius 1 is 1.20 bits per heavy atom. The van der Waals surface area contributed by atoms with Crippen LogP contribution in [0.4, 0.5) is 10.5 Å². The largest absolute Gasteiger partial charge is 0.495 e. The summed E-state index contributed by atoms with van der Waals surface area (Å²) in [6, 6.07) is 7.38. The summed E-state index contributed by atoms with van der Waals surface area (Å²) in [5.41, 5.74) is 0.658. The summed E-state index contributed by atoms with van der Waals surface area (Å²) in [6.07, 6.45) is 0.919. The van der Waals surface area contributed by atoms with Gasteiger partial charge in [-0.05, 0) is 25.5 Å². The zero-order chi connectivity index (χ0) is 18.2. The molecule has 0 aliphatic carbocycles. The van der Waals surface area contributed by atoms with Gasteiger partial charge in [-0.2, -0.15) is 0 Å². The maximum Gasteiger partial charge on any atom is 0.322 e. The summed E-state index contributed by atoms with van der Waals surface area (Å²) in [6.45, 7) is 6.99. The third kappa shape index (κ3) is 5.63. The van der Waals surface area contributed by atoms with Crippen molar-refractivity contribution in [1.29, 1.82) is 0 Å². The van der Waals surface area contributed by atoms with Crippen LogP contribution in [0.15, 0.2) is 24.3 Å². The van der Waals surface area contributed by atoms with Crippen LogP contribution < -0.4 is 15.4 Å². The lowest BCUT2D eigenvalue weighted by atomic mass is 10.2. The molecule has 7 nitrogen and oxygen atoms in total. The molecule has 1 aromatic rings. The van der Waals surface area contributed by atoms with E-state index in [9.17, 15) is 9.59 Å². The van der Waals surface area contributed by atoms with E-state index in [-0.39, 0.29) is 18.0 Å². The van der Waals surface area contributed by atoms with Crippen molar-refractivity contribution in [3.63, 3.8) is 0 Å².